The van der Waals surface area contributed by atoms with Gasteiger partial charge < -0.3 is 15.0 Å². The van der Waals surface area contributed by atoms with Gasteiger partial charge >= 0.3 is 6.03 Å². The fraction of sp³-hybridized carbons (Fsp3) is 0.588. The molecule has 0 bridgehead atoms. The second kappa shape index (κ2) is 7.75. The van der Waals surface area contributed by atoms with Crippen molar-refractivity contribution < 1.29 is 13.9 Å². The lowest BCUT2D eigenvalue weighted by Gasteiger charge is -2.27. The van der Waals surface area contributed by atoms with Crippen molar-refractivity contribution in [1.82, 2.24) is 15.1 Å². The molecule has 2 fully saturated rings. The number of carbonyl (C=O) groups is 1. The second-order valence-electron chi connectivity index (χ2n) is 6.17. The van der Waals surface area contributed by atoms with E-state index in [0.717, 1.165) is 51.4 Å². The Morgan fingerprint density at radius 2 is 2.13 bits per heavy atom. The second-order valence-corrected chi connectivity index (χ2v) is 6.17. The molecule has 2 aliphatic rings. The van der Waals surface area contributed by atoms with E-state index in [2.05, 4.69) is 10.2 Å². The van der Waals surface area contributed by atoms with E-state index in [4.69, 9.17) is 4.74 Å². The average Bonchev–Trinajstić information content (AvgIpc) is 3.06. The van der Waals surface area contributed by atoms with Gasteiger partial charge in [-0.05, 0) is 24.1 Å². The number of likely N-dealkylation sites (tertiary alicyclic amines) is 1. The van der Waals surface area contributed by atoms with Crippen LogP contribution in [-0.4, -0.2) is 68.3 Å². The zero-order valence-corrected chi connectivity index (χ0v) is 13.3. The molecule has 0 aromatic heterocycles. The first-order valence-electron chi connectivity index (χ1n) is 8.31. The van der Waals surface area contributed by atoms with Crippen LogP contribution in [0.5, 0.6) is 0 Å². The van der Waals surface area contributed by atoms with E-state index in [-0.39, 0.29) is 17.8 Å². The Balaban J connectivity index is 1.42. The minimum Gasteiger partial charge on any atom is -0.379 e. The zero-order valence-electron chi connectivity index (χ0n) is 13.3. The minimum atomic E-state index is -0.212. The van der Waals surface area contributed by atoms with Gasteiger partial charge in [0.2, 0.25) is 0 Å². The third kappa shape index (κ3) is 4.42. The van der Waals surface area contributed by atoms with Crippen LogP contribution in [0, 0.1) is 5.82 Å². The van der Waals surface area contributed by atoms with Crippen molar-refractivity contribution in [2.45, 2.75) is 12.3 Å². The molecule has 0 saturated carbocycles. The highest BCUT2D eigenvalue weighted by atomic mass is 19.1. The quantitative estimate of drug-likeness (QED) is 0.917. The highest BCUT2D eigenvalue weighted by Gasteiger charge is 2.27. The van der Waals surface area contributed by atoms with E-state index in [1.54, 1.807) is 12.1 Å². The van der Waals surface area contributed by atoms with Crippen LogP contribution in [0.3, 0.4) is 0 Å². The summed E-state index contributed by atoms with van der Waals surface area (Å²) in [4.78, 5) is 16.4. The SMILES string of the molecule is O=C(NCCN1CCOCC1)N1CC[C@H](c2cccc(F)c2)C1. The number of rotatable bonds is 4. The number of amides is 2. The lowest BCUT2D eigenvalue weighted by Crippen LogP contribution is -2.44. The van der Waals surface area contributed by atoms with E-state index in [0.29, 0.717) is 13.1 Å². The Labute approximate surface area is 136 Å². The van der Waals surface area contributed by atoms with Crippen molar-refractivity contribution in [3.63, 3.8) is 0 Å². The summed E-state index contributed by atoms with van der Waals surface area (Å²) in [5.41, 5.74) is 0.980. The van der Waals surface area contributed by atoms with Gasteiger partial charge in [0.25, 0.3) is 0 Å². The van der Waals surface area contributed by atoms with Gasteiger partial charge in [0.1, 0.15) is 5.82 Å². The molecule has 3 rings (SSSR count). The number of ether oxygens (including phenoxy) is 1. The van der Waals surface area contributed by atoms with Gasteiger partial charge in [0.15, 0.2) is 0 Å². The van der Waals surface area contributed by atoms with Gasteiger partial charge in [0.05, 0.1) is 13.2 Å². The van der Waals surface area contributed by atoms with Gasteiger partial charge in [-0.3, -0.25) is 4.90 Å². The summed E-state index contributed by atoms with van der Waals surface area (Å²) in [7, 11) is 0. The van der Waals surface area contributed by atoms with Crippen LogP contribution in [0.4, 0.5) is 9.18 Å². The molecule has 5 nitrogen and oxygen atoms in total. The summed E-state index contributed by atoms with van der Waals surface area (Å²) in [6, 6.07) is 6.68. The van der Waals surface area contributed by atoms with Crippen molar-refractivity contribution in [2.24, 2.45) is 0 Å². The van der Waals surface area contributed by atoms with Crippen LogP contribution in [0.25, 0.3) is 0 Å². The van der Waals surface area contributed by atoms with Gasteiger partial charge in [-0.2, -0.15) is 0 Å². The standard InChI is InChI=1S/C17H24FN3O2/c18-16-3-1-2-14(12-16)15-4-6-21(13-15)17(22)19-5-7-20-8-10-23-11-9-20/h1-3,12,15H,4-11,13H2,(H,19,22)/t15-/m0/s1. The van der Waals surface area contributed by atoms with E-state index in [1.165, 1.54) is 6.07 Å². The number of benzene rings is 1. The number of hydrogen-bond acceptors (Lipinski definition) is 3. The van der Waals surface area contributed by atoms with Crippen molar-refractivity contribution >= 4 is 6.03 Å². The summed E-state index contributed by atoms with van der Waals surface area (Å²) in [6.45, 7) is 6.31. The number of nitrogens with zero attached hydrogens (tertiary/aromatic N) is 2. The Hall–Kier alpha value is -1.66. The molecule has 1 N–H and O–H groups in total. The van der Waals surface area contributed by atoms with Crippen LogP contribution in [0.1, 0.15) is 17.9 Å². The molecule has 23 heavy (non-hydrogen) atoms. The van der Waals surface area contributed by atoms with Crippen LogP contribution in [-0.2, 0) is 4.74 Å². The van der Waals surface area contributed by atoms with Crippen LogP contribution in [0.15, 0.2) is 24.3 Å². The van der Waals surface area contributed by atoms with Crippen molar-refractivity contribution in [1.29, 1.82) is 0 Å². The third-order valence-corrected chi connectivity index (χ3v) is 4.60. The molecule has 1 aromatic rings. The summed E-state index contributed by atoms with van der Waals surface area (Å²) >= 11 is 0. The molecule has 2 aliphatic heterocycles. The Morgan fingerprint density at radius 1 is 1.30 bits per heavy atom. The maximum Gasteiger partial charge on any atom is 0.317 e. The van der Waals surface area contributed by atoms with Gasteiger partial charge in [-0.25, -0.2) is 9.18 Å². The Bertz CT molecular complexity index is 534. The molecule has 126 valence electrons. The van der Waals surface area contributed by atoms with Gasteiger partial charge in [-0.15, -0.1) is 0 Å². The molecule has 0 unspecified atom stereocenters. The predicted molar refractivity (Wildman–Crippen MR) is 86.0 cm³/mol. The lowest BCUT2D eigenvalue weighted by atomic mass is 9.98. The van der Waals surface area contributed by atoms with Crippen molar-refractivity contribution in [3.8, 4) is 0 Å². The largest absolute Gasteiger partial charge is 0.379 e. The topological polar surface area (TPSA) is 44.8 Å². The molecule has 0 radical (unpaired) electrons. The lowest BCUT2D eigenvalue weighted by molar-refractivity contribution is 0.0386. The molecule has 0 spiro atoms. The molecule has 1 aromatic carbocycles. The highest BCUT2D eigenvalue weighted by Crippen LogP contribution is 2.27. The summed E-state index contributed by atoms with van der Waals surface area (Å²) in [5.74, 6) is 0.0200. The molecule has 2 amide bonds. The molecule has 0 aliphatic carbocycles. The molecule has 2 saturated heterocycles. The average molecular weight is 321 g/mol. The van der Waals surface area contributed by atoms with Gasteiger partial charge in [0, 0.05) is 45.2 Å². The van der Waals surface area contributed by atoms with E-state index < -0.39 is 0 Å². The Kier molecular flexibility index (Phi) is 5.46. The van der Waals surface area contributed by atoms with E-state index in [9.17, 15) is 9.18 Å². The maximum absolute atomic E-state index is 13.3. The number of nitrogens with one attached hydrogen (secondary N) is 1. The smallest absolute Gasteiger partial charge is 0.317 e. The number of hydrogen-bond donors (Lipinski definition) is 1. The molecular weight excluding hydrogens is 297 g/mol. The molecular formula is C17H24FN3O2. The monoisotopic (exact) mass is 321 g/mol. The van der Waals surface area contributed by atoms with Crippen molar-refractivity contribution in [3.05, 3.63) is 35.6 Å². The fourth-order valence-corrected chi connectivity index (χ4v) is 3.23. The van der Waals surface area contributed by atoms with Crippen LogP contribution in [0.2, 0.25) is 0 Å². The summed E-state index contributed by atoms with van der Waals surface area (Å²) in [6.07, 6.45) is 0.889. The zero-order chi connectivity index (χ0) is 16.1. The van der Waals surface area contributed by atoms with E-state index in [1.807, 2.05) is 11.0 Å². The molecule has 1 atom stereocenters. The molecule has 6 heteroatoms. The summed E-state index contributed by atoms with van der Waals surface area (Å²) in [5, 5.41) is 2.99. The number of urea groups is 1. The van der Waals surface area contributed by atoms with Crippen LogP contribution >= 0.6 is 0 Å². The fourth-order valence-electron chi connectivity index (χ4n) is 3.23. The Morgan fingerprint density at radius 3 is 2.91 bits per heavy atom. The number of carbonyl (C=O) groups excluding carboxylic acids is 1. The summed E-state index contributed by atoms with van der Waals surface area (Å²) < 4.78 is 18.6. The highest BCUT2D eigenvalue weighted by molar-refractivity contribution is 5.74. The van der Waals surface area contributed by atoms with Gasteiger partial charge in [-0.1, -0.05) is 12.1 Å². The van der Waals surface area contributed by atoms with Crippen LogP contribution < -0.4 is 5.32 Å². The van der Waals surface area contributed by atoms with Crippen molar-refractivity contribution in [2.75, 3.05) is 52.5 Å². The first-order chi connectivity index (χ1) is 11.2. The molecule has 2 heterocycles. The van der Waals surface area contributed by atoms with E-state index >= 15 is 0 Å². The minimum absolute atomic E-state index is 0.0165. The predicted octanol–water partition coefficient (Wildman–Crippen LogP) is 1.66. The first kappa shape index (κ1) is 16.2. The third-order valence-electron chi connectivity index (χ3n) is 4.60. The maximum atomic E-state index is 13.3. The number of halogens is 1. The first-order valence-corrected chi connectivity index (χ1v) is 8.31. The number of morpholine rings is 1. The normalized spacial score (nSPS) is 22.3.